The summed E-state index contributed by atoms with van der Waals surface area (Å²) in [4.78, 5) is 0.257. The molecule has 106 valence electrons. The highest BCUT2D eigenvalue weighted by molar-refractivity contribution is 7.89. The van der Waals surface area contributed by atoms with Crippen molar-refractivity contribution < 1.29 is 8.42 Å². The van der Waals surface area contributed by atoms with E-state index >= 15 is 0 Å². The second kappa shape index (κ2) is 4.80. The van der Waals surface area contributed by atoms with Crippen LogP contribution in [0.25, 0.3) is 0 Å². The molecule has 1 fully saturated rings. The summed E-state index contributed by atoms with van der Waals surface area (Å²) >= 11 is 0. The lowest BCUT2D eigenvalue weighted by Crippen LogP contribution is -2.41. The Balaban J connectivity index is 2.28. The van der Waals surface area contributed by atoms with Gasteiger partial charge in [0.05, 0.1) is 4.90 Å². The monoisotopic (exact) mass is 282 g/mol. The molecule has 2 rings (SSSR count). The van der Waals surface area contributed by atoms with E-state index in [2.05, 4.69) is 18.6 Å². The molecule has 19 heavy (non-hydrogen) atoms. The molecule has 0 aliphatic heterocycles. The Morgan fingerprint density at radius 3 is 2.53 bits per heavy atom. The fourth-order valence-electron chi connectivity index (χ4n) is 2.73. The highest BCUT2D eigenvalue weighted by Gasteiger charge is 2.37. The van der Waals surface area contributed by atoms with E-state index in [1.807, 2.05) is 6.92 Å². The minimum Gasteiger partial charge on any atom is -0.399 e. The number of anilines is 1. The molecule has 1 unspecified atom stereocenters. The van der Waals surface area contributed by atoms with Crippen molar-refractivity contribution in [3.05, 3.63) is 23.8 Å². The molecule has 0 spiro atoms. The Kier molecular flexibility index (Phi) is 3.62. The van der Waals surface area contributed by atoms with Crippen LogP contribution in [0.3, 0.4) is 0 Å². The molecule has 0 aromatic heterocycles. The summed E-state index contributed by atoms with van der Waals surface area (Å²) < 4.78 is 27.7. The van der Waals surface area contributed by atoms with Gasteiger partial charge in [-0.15, -0.1) is 0 Å². The average molecular weight is 282 g/mol. The maximum absolute atomic E-state index is 12.4. The van der Waals surface area contributed by atoms with Crippen molar-refractivity contribution in [2.24, 2.45) is 5.41 Å². The SMILES string of the molecule is Cc1cc(N)cc(S(=O)(=O)NC2CCCC2(C)C)c1. The van der Waals surface area contributed by atoms with Crippen LogP contribution < -0.4 is 10.5 Å². The van der Waals surface area contributed by atoms with Gasteiger partial charge in [-0.25, -0.2) is 13.1 Å². The Morgan fingerprint density at radius 1 is 1.32 bits per heavy atom. The molecule has 3 N–H and O–H groups in total. The fourth-order valence-corrected chi connectivity index (χ4v) is 4.31. The fraction of sp³-hybridized carbons (Fsp3) is 0.571. The Hall–Kier alpha value is -1.07. The summed E-state index contributed by atoms with van der Waals surface area (Å²) in [5.74, 6) is 0. The van der Waals surface area contributed by atoms with Crippen LogP contribution in [0.1, 0.15) is 38.7 Å². The molecule has 0 saturated heterocycles. The lowest BCUT2D eigenvalue weighted by molar-refractivity contribution is 0.313. The Labute approximate surface area is 115 Å². The molecule has 0 amide bonds. The summed E-state index contributed by atoms with van der Waals surface area (Å²) in [7, 11) is -3.49. The topological polar surface area (TPSA) is 72.2 Å². The van der Waals surface area contributed by atoms with Crippen LogP contribution in [0.2, 0.25) is 0 Å². The van der Waals surface area contributed by atoms with Gasteiger partial charge in [-0.2, -0.15) is 0 Å². The van der Waals surface area contributed by atoms with Gasteiger partial charge in [0.25, 0.3) is 0 Å². The second-order valence-electron chi connectivity index (χ2n) is 6.13. The van der Waals surface area contributed by atoms with E-state index in [1.54, 1.807) is 12.1 Å². The number of nitrogen functional groups attached to an aromatic ring is 1. The zero-order valence-corrected chi connectivity index (χ0v) is 12.5. The van der Waals surface area contributed by atoms with Gasteiger partial charge in [-0.3, -0.25) is 0 Å². The summed E-state index contributed by atoms with van der Waals surface area (Å²) in [5.41, 5.74) is 7.07. The quantitative estimate of drug-likeness (QED) is 0.836. The molecule has 1 aromatic rings. The molecule has 0 bridgehead atoms. The maximum Gasteiger partial charge on any atom is 0.240 e. The van der Waals surface area contributed by atoms with Crippen LogP contribution in [0.15, 0.2) is 23.1 Å². The molecule has 1 aliphatic carbocycles. The molecule has 1 aliphatic rings. The standard InChI is InChI=1S/C14H22N2O2S/c1-10-7-11(15)9-12(8-10)19(17,18)16-13-5-4-6-14(13,2)3/h7-9,13,16H,4-6,15H2,1-3H3. The van der Waals surface area contributed by atoms with Gasteiger partial charge in [-0.05, 0) is 48.9 Å². The first-order valence-corrected chi connectivity index (χ1v) is 8.08. The highest BCUT2D eigenvalue weighted by atomic mass is 32.2. The van der Waals surface area contributed by atoms with Gasteiger partial charge in [0.1, 0.15) is 0 Å². The van der Waals surface area contributed by atoms with E-state index < -0.39 is 10.0 Å². The Morgan fingerprint density at radius 2 is 2.00 bits per heavy atom. The van der Waals surface area contributed by atoms with Crippen LogP contribution >= 0.6 is 0 Å². The van der Waals surface area contributed by atoms with Gasteiger partial charge in [0, 0.05) is 11.7 Å². The van der Waals surface area contributed by atoms with Gasteiger partial charge in [0.15, 0.2) is 0 Å². The van der Waals surface area contributed by atoms with Crippen molar-refractivity contribution in [1.29, 1.82) is 0 Å². The number of nitrogens with one attached hydrogen (secondary N) is 1. The molecular formula is C14H22N2O2S. The van der Waals surface area contributed by atoms with E-state index in [0.29, 0.717) is 5.69 Å². The first-order chi connectivity index (χ1) is 8.71. The number of aryl methyl sites for hydroxylation is 1. The molecule has 4 nitrogen and oxygen atoms in total. The molecule has 1 aromatic carbocycles. The molecule has 0 radical (unpaired) electrons. The predicted octanol–water partition coefficient (Wildman–Crippen LogP) is 2.43. The lowest BCUT2D eigenvalue weighted by atomic mass is 9.88. The minimum atomic E-state index is -3.49. The van der Waals surface area contributed by atoms with E-state index in [9.17, 15) is 8.42 Å². The number of hydrogen-bond donors (Lipinski definition) is 2. The zero-order chi connectivity index (χ0) is 14.3. The van der Waals surface area contributed by atoms with Gasteiger partial charge < -0.3 is 5.73 Å². The number of nitrogens with two attached hydrogens (primary N) is 1. The van der Waals surface area contributed by atoms with E-state index in [4.69, 9.17) is 5.73 Å². The average Bonchev–Trinajstić information content (AvgIpc) is 2.56. The van der Waals surface area contributed by atoms with Crippen LogP contribution in [0.4, 0.5) is 5.69 Å². The Bertz CT molecular complexity index is 559. The number of benzene rings is 1. The van der Waals surface area contributed by atoms with Crippen LogP contribution in [0.5, 0.6) is 0 Å². The summed E-state index contributed by atoms with van der Waals surface area (Å²) in [6, 6.07) is 4.93. The van der Waals surface area contributed by atoms with Crippen molar-refractivity contribution in [3.8, 4) is 0 Å². The van der Waals surface area contributed by atoms with Crippen molar-refractivity contribution >= 4 is 15.7 Å². The third kappa shape index (κ3) is 3.09. The molecule has 0 heterocycles. The van der Waals surface area contributed by atoms with E-state index in [-0.39, 0.29) is 16.4 Å². The third-order valence-electron chi connectivity index (χ3n) is 3.94. The maximum atomic E-state index is 12.4. The van der Waals surface area contributed by atoms with E-state index in [0.717, 1.165) is 24.8 Å². The van der Waals surface area contributed by atoms with Crippen LogP contribution in [-0.2, 0) is 10.0 Å². The number of hydrogen-bond acceptors (Lipinski definition) is 3. The van der Waals surface area contributed by atoms with E-state index in [1.165, 1.54) is 6.07 Å². The first kappa shape index (κ1) is 14.3. The summed E-state index contributed by atoms with van der Waals surface area (Å²) in [6.45, 7) is 6.06. The van der Waals surface area contributed by atoms with Gasteiger partial charge >= 0.3 is 0 Å². The van der Waals surface area contributed by atoms with Crippen LogP contribution in [-0.4, -0.2) is 14.5 Å². The highest BCUT2D eigenvalue weighted by Crippen LogP contribution is 2.38. The minimum absolute atomic E-state index is 0.000707. The largest absolute Gasteiger partial charge is 0.399 e. The lowest BCUT2D eigenvalue weighted by Gasteiger charge is -2.27. The zero-order valence-electron chi connectivity index (χ0n) is 11.7. The number of sulfonamides is 1. The molecular weight excluding hydrogens is 260 g/mol. The van der Waals surface area contributed by atoms with Crippen molar-refractivity contribution in [2.75, 3.05) is 5.73 Å². The second-order valence-corrected chi connectivity index (χ2v) is 7.85. The van der Waals surface area contributed by atoms with Crippen LogP contribution in [0, 0.1) is 12.3 Å². The number of rotatable bonds is 3. The molecule has 5 heteroatoms. The van der Waals surface area contributed by atoms with Crippen molar-refractivity contribution in [3.63, 3.8) is 0 Å². The first-order valence-electron chi connectivity index (χ1n) is 6.60. The summed E-state index contributed by atoms with van der Waals surface area (Å²) in [5, 5.41) is 0. The molecule has 1 saturated carbocycles. The van der Waals surface area contributed by atoms with Crippen molar-refractivity contribution in [2.45, 2.75) is 51.0 Å². The van der Waals surface area contributed by atoms with Gasteiger partial charge in [-0.1, -0.05) is 20.3 Å². The summed E-state index contributed by atoms with van der Waals surface area (Å²) in [6.07, 6.45) is 3.01. The van der Waals surface area contributed by atoms with Crippen molar-refractivity contribution in [1.82, 2.24) is 4.72 Å². The van der Waals surface area contributed by atoms with Gasteiger partial charge in [0.2, 0.25) is 10.0 Å². The smallest absolute Gasteiger partial charge is 0.240 e. The third-order valence-corrected chi connectivity index (χ3v) is 5.39. The molecule has 1 atom stereocenters. The normalized spacial score (nSPS) is 22.6. The predicted molar refractivity (Wildman–Crippen MR) is 77.3 cm³/mol.